The summed E-state index contributed by atoms with van der Waals surface area (Å²) in [7, 11) is 2.97. The summed E-state index contributed by atoms with van der Waals surface area (Å²) in [5, 5.41) is 16.2. The molecule has 63 heavy (non-hydrogen) atoms. The Kier molecular flexibility index (Phi) is 18.7. The summed E-state index contributed by atoms with van der Waals surface area (Å²) in [5.41, 5.74) is 0.846. The van der Waals surface area contributed by atoms with E-state index in [-0.39, 0.29) is 58.4 Å². The molecule has 1 aliphatic carbocycles. The van der Waals surface area contributed by atoms with Gasteiger partial charge < -0.3 is 48.5 Å². The summed E-state index contributed by atoms with van der Waals surface area (Å²) in [5.74, 6) is -3.75. The number of anilines is 1. The van der Waals surface area contributed by atoms with Gasteiger partial charge >= 0.3 is 24.0 Å². The van der Waals surface area contributed by atoms with Crippen molar-refractivity contribution >= 4 is 53.4 Å². The van der Waals surface area contributed by atoms with Crippen LogP contribution in [0.3, 0.4) is 0 Å². The number of pyridine rings is 1. The van der Waals surface area contributed by atoms with Gasteiger partial charge in [-0.25, -0.2) is 19.4 Å². The first-order valence-electron chi connectivity index (χ1n) is 20.0. The smallest absolute Gasteiger partial charge is 0.415 e. The summed E-state index contributed by atoms with van der Waals surface area (Å²) >= 11 is 0. The van der Waals surface area contributed by atoms with Gasteiger partial charge in [-0.15, -0.1) is 0 Å². The van der Waals surface area contributed by atoms with Gasteiger partial charge in [-0.05, 0) is 67.3 Å². The van der Waals surface area contributed by atoms with E-state index in [2.05, 4.69) is 27.5 Å². The SMILES string of the molecule is C=Cc1cc(C(=O)Nc2ccc(C(=N)NC(=O)OC(C)OC(=O)COCCOCCOC)cc2)c(-c2ccc(C(=O)NCC3CC3)nc2C(=O)OC(C)OC(=O)C(C)C)cc1OC. The van der Waals surface area contributed by atoms with Crippen molar-refractivity contribution in [2.75, 3.05) is 59.1 Å². The van der Waals surface area contributed by atoms with Crippen LogP contribution in [-0.2, 0) is 42.7 Å². The van der Waals surface area contributed by atoms with E-state index in [0.29, 0.717) is 37.0 Å². The number of hydrogen-bond acceptors (Lipinski definition) is 16. The third-order valence-corrected chi connectivity index (χ3v) is 8.97. The van der Waals surface area contributed by atoms with Crippen LogP contribution in [-0.4, -0.2) is 113 Å². The van der Waals surface area contributed by atoms with Gasteiger partial charge in [0.05, 0.1) is 39.5 Å². The molecule has 1 aromatic heterocycles. The molecule has 0 bridgehead atoms. The molecule has 1 heterocycles. The maximum absolute atomic E-state index is 14.1. The Morgan fingerprint density at radius 3 is 2.16 bits per heavy atom. The van der Waals surface area contributed by atoms with Crippen LogP contribution in [0.25, 0.3) is 17.2 Å². The highest BCUT2D eigenvalue weighted by atomic mass is 16.7. The molecule has 3 amide bonds. The van der Waals surface area contributed by atoms with Crippen molar-refractivity contribution in [3.8, 4) is 16.9 Å². The van der Waals surface area contributed by atoms with E-state index in [9.17, 15) is 28.8 Å². The predicted octanol–water partition coefficient (Wildman–Crippen LogP) is 5.11. The standard InChI is InChI=1S/C44H53N5O14/c1-8-29-21-34(40(51)47-31-13-11-30(12-14-31)39(45)49-44(55)63-26(4)60-37(50)24-59-20-19-58-18-17-56-6)33(22-36(29)57-7)32-15-16-35(41(52)46-23-28-9-10-28)48-38(32)43(54)62-27(5)61-42(53)25(2)3/h8,11-16,21-22,25-28H,1,9-10,17-20,23-24H2,2-7H3,(H,46,52)(H,47,51)(H2,45,49,55). The molecule has 2 atom stereocenters. The number of aromatic nitrogens is 1. The third-order valence-electron chi connectivity index (χ3n) is 8.97. The number of methoxy groups -OCH3 is 2. The maximum atomic E-state index is 14.1. The molecule has 338 valence electrons. The van der Waals surface area contributed by atoms with Crippen LogP contribution >= 0.6 is 0 Å². The summed E-state index contributed by atoms with van der Waals surface area (Å²) in [4.78, 5) is 82.1. The molecule has 2 unspecified atom stereocenters. The number of carbonyl (C=O) groups excluding carboxylic acids is 6. The van der Waals surface area contributed by atoms with Gasteiger partial charge in [-0.1, -0.05) is 26.5 Å². The van der Waals surface area contributed by atoms with Crippen molar-refractivity contribution in [2.45, 2.75) is 53.1 Å². The summed E-state index contributed by atoms with van der Waals surface area (Å²) in [6, 6.07) is 11.8. The number of nitrogens with one attached hydrogen (secondary N) is 4. The molecular weight excluding hydrogens is 823 g/mol. The van der Waals surface area contributed by atoms with Crippen LogP contribution < -0.4 is 20.7 Å². The van der Waals surface area contributed by atoms with Crippen molar-refractivity contribution in [3.05, 3.63) is 83.2 Å². The van der Waals surface area contributed by atoms with E-state index < -0.39 is 60.9 Å². The molecule has 1 aliphatic rings. The number of benzene rings is 2. The molecule has 0 spiro atoms. The fourth-order valence-corrected chi connectivity index (χ4v) is 5.52. The van der Waals surface area contributed by atoms with Gasteiger partial charge in [0.15, 0.2) is 5.69 Å². The Bertz CT molecular complexity index is 2140. The van der Waals surface area contributed by atoms with E-state index in [4.69, 9.17) is 43.3 Å². The fourth-order valence-electron chi connectivity index (χ4n) is 5.52. The predicted molar refractivity (Wildman–Crippen MR) is 227 cm³/mol. The lowest BCUT2D eigenvalue weighted by molar-refractivity contribution is -0.171. The Morgan fingerprint density at radius 2 is 1.51 bits per heavy atom. The number of carbonyl (C=O) groups is 6. The van der Waals surface area contributed by atoms with Crippen molar-refractivity contribution in [2.24, 2.45) is 11.8 Å². The minimum atomic E-state index is -1.32. The summed E-state index contributed by atoms with van der Waals surface area (Å²) in [6.07, 6.45) is -0.198. The number of hydrogen-bond donors (Lipinski definition) is 4. The third kappa shape index (κ3) is 15.3. The second-order valence-corrected chi connectivity index (χ2v) is 14.3. The molecule has 4 N–H and O–H groups in total. The van der Waals surface area contributed by atoms with E-state index >= 15 is 0 Å². The first-order valence-corrected chi connectivity index (χ1v) is 20.0. The van der Waals surface area contributed by atoms with Crippen LogP contribution in [0, 0.1) is 17.2 Å². The number of alkyl carbamates (subject to hydrolysis) is 1. The zero-order valence-corrected chi connectivity index (χ0v) is 36.0. The Balaban J connectivity index is 1.50. The van der Waals surface area contributed by atoms with Gasteiger partial charge in [0.25, 0.3) is 11.8 Å². The molecule has 0 saturated heterocycles. The zero-order chi connectivity index (χ0) is 46.1. The second-order valence-electron chi connectivity index (χ2n) is 14.3. The van der Waals surface area contributed by atoms with Gasteiger partial charge in [-0.2, -0.15) is 0 Å². The van der Waals surface area contributed by atoms with Crippen LogP contribution in [0.4, 0.5) is 10.5 Å². The van der Waals surface area contributed by atoms with Crippen molar-refractivity contribution in [1.82, 2.24) is 15.6 Å². The molecule has 4 rings (SSSR count). The average molecular weight is 876 g/mol. The number of amides is 3. The van der Waals surface area contributed by atoms with Gasteiger partial charge in [0.2, 0.25) is 12.6 Å². The lowest BCUT2D eigenvalue weighted by Gasteiger charge is -2.19. The monoisotopic (exact) mass is 875 g/mol. The van der Waals surface area contributed by atoms with Gasteiger partial charge in [-0.3, -0.25) is 25.1 Å². The highest BCUT2D eigenvalue weighted by Gasteiger charge is 2.28. The quantitative estimate of drug-likeness (QED) is 0.0318. The minimum Gasteiger partial charge on any atom is -0.496 e. The van der Waals surface area contributed by atoms with E-state index in [1.54, 1.807) is 21.0 Å². The lowest BCUT2D eigenvalue weighted by atomic mass is 9.94. The van der Waals surface area contributed by atoms with E-state index in [1.807, 2.05) is 0 Å². The number of nitrogens with zero attached hydrogens (tertiary/aromatic N) is 1. The Labute approximate surface area is 364 Å². The Hall–Kier alpha value is -6.70. The minimum absolute atomic E-state index is 0.0429. The number of amidine groups is 1. The first kappa shape index (κ1) is 49.0. The topological polar surface area (TPSA) is 249 Å². The first-order chi connectivity index (χ1) is 30.1. The normalized spacial score (nSPS) is 12.9. The molecular formula is C44H53N5O14. The largest absolute Gasteiger partial charge is 0.496 e. The van der Waals surface area contributed by atoms with Crippen molar-refractivity contribution < 1.29 is 66.7 Å². The van der Waals surface area contributed by atoms with E-state index in [1.165, 1.54) is 75.6 Å². The molecule has 19 heteroatoms. The molecule has 2 aromatic carbocycles. The number of esters is 3. The molecule has 19 nitrogen and oxygen atoms in total. The number of ether oxygens (including phenoxy) is 8. The van der Waals surface area contributed by atoms with Crippen LogP contribution in [0.2, 0.25) is 0 Å². The average Bonchev–Trinajstić information content (AvgIpc) is 4.09. The highest BCUT2D eigenvalue weighted by Crippen LogP contribution is 2.35. The van der Waals surface area contributed by atoms with Gasteiger partial charge in [0, 0.05) is 61.0 Å². The summed E-state index contributed by atoms with van der Waals surface area (Å²) < 4.78 is 41.6. The number of rotatable bonds is 23. The second kappa shape index (κ2) is 24.1. The zero-order valence-electron chi connectivity index (χ0n) is 36.0. The van der Waals surface area contributed by atoms with Crippen LogP contribution in [0.15, 0.2) is 55.1 Å². The highest BCUT2D eigenvalue weighted by molar-refractivity contribution is 6.11. The molecule has 1 fully saturated rings. The van der Waals surface area contributed by atoms with Crippen LogP contribution in [0.1, 0.15) is 83.0 Å². The van der Waals surface area contributed by atoms with Crippen molar-refractivity contribution in [3.63, 3.8) is 0 Å². The van der Waals surface area contributed by atoms with Crippen molar-refractivity contribution in [1.29, 1.82) is 5.41 Å². The maximum Gasteiger partial charge on any atom is 0.415 e. The molecule has 0 radical (unpaired) electrons. The van der Waals surface area contributed by atoms with Crippen LogP contribution in [0.5, 0.6) is 5.75 Å². The molecule has 3 aromatic rings. The van der Waals surface area contributed by atoms with E-state index in [0.717, 1.165) is 12.8 Å². The molecule has 0 aliphatic heterocycles. The van der Waals surface area contributed by atoms with Gasteiger partial charge in [0.1, 0.15) is 23.9 Å². The lowest BCUT2D eigenvalue weighted by Crippen LogP contribution is -2.35. The molecule has 1 saturated carbocycles. The fraction of sp³-hybridized carbons (Fsp3) is 0.409. The Morgan fingerprint density at radius 1 is 0.825 bits per heavy atom. The summed E-state index contributed by atoms with van der Waals surface area (Å²) in [6.45, 7) is 11.0.